The summed E-state index contributed by atoms with van der Waals surface area (Å²) in [6.45, 7) is 5.11. The molecule has 0 aromatic heterocycles. The van der Waals surface area contributed by atoms with Gasteiger partial charge >= 0.3 is 5.97 Å². The molecule has 33 heavy (non-hydrogen) atoms. The Morgan fingerprint density at radius 3 is 2.27 bits per heavy atom. The van der Waals surface area contributed by atoms with Crippen molar-refractivity contribution in [3.8, 4) is 0 Å². The Morgan fingerprint density at radius 2 is 1.76 bits per heavy atom. The van der Waals surface area contributed by atoms with Gasteiger partial charge in [-0.25, -0.2) is 4.39 Å². The highest BCUT2D eigenvalue weighted by molar-refractivity contribution is 6.39. The van der Waals surface area contributed by atoms with Crippen LogP contribution in [0.3, 0.4) is 0 Å². The summed E-state index contributed by atoms with van der Waals surface area (Å²) < 4.78 is 15.0. The average Bonchev–Trinajstić information content (AvgIpc) is 2.72. The maximum atomic E-state index is 15.0. The molecule has 178 valence electrons. The third-order valence-corrected chi connectivity index (χ3v) is 6.98. The summed E-state index contributed by atoms with van der Waals surface area (Å²) in [7, 11) is 0. The van der Waals surface area contributed by atoms with E-state index in [-0.39, 0.29) is 24.1 Å². The fourth-order valence-corrected chi connectivity index (χ4v) is 5.10. The average molecular weight is 497 g/mol. The summed E-state index contributed by atoms with van der Waals surface area (Å²) in [5.74, 6) is -0.942. The fourth-order valence-electron chi connectivity index (χ4n) is 4.46. The van der Waals surface area contributed by atoms with Crippen molar-refractivity contribution in [3.63, 3.8) is 0 Å². The van der Waals surface area contributed by atoms with Crippen molar-refractivity contribution in [2.24, 2.45) is 5.92 Å². The van der Waals surface area contributed by atoms with Gasteiger partial charge in [0.15, 0.2) is 0 Å². The maximum absolute atomic E-state index is 15.0. The zero-order valence-corrected chi connectivity index (χ0v) is 19.8. The third-order valence-electron chi connectivity index (χ3n) is 6.37. The van der Waals surface area contributed by atoms with Crippen molar-refractivity contribution in [2.45, 2.75) is 32.2 Å². The van der Waals surface area contributed by atoms with E-state index >= 15 is 0 Å². The van der Waals surface area contributed by atoms with Gasteiger partial charge in [0.25, 0.3) is 6.47 Å². The second-order valence-electron chi connectivity index (χ2n) is 8.46. The lowest BCUT2D eigenvalue weighted by Gasteiger charge is -2.42. The van der Waals surface area contributed by atoms with E-state index < -0.39 is 5.97 Å². The van der Waals surface area contributed by atoms with Crippen molar-refractivity contribution in [2.75, 3.05) is 31.1 Å². The van der Waals surface area contributed by atoms with E-state index in [0.29, 0.717) is 48.1 Å². The van der Waals surface area contributed by atoms with Crippen LogP contribution in [0, 0.1) is 18.7 Å². The normalized spacial score (nSPS) is 17.2. The molecule has 2 aromatic carbocycles. The largest absolute Gasteiger partial charge is 0.483 e. The molecule has 2 heterocycles. The Morgan fingerprint density at radius 1 is 1.18 bits per heavy atom. The highest BCUT2D eigenvalue weighted by Crippen LogP contribution is 2.40. The molecule has 6 nitrogen and oxygen atoms in total. The molecular weight excluding hydrogens is 470 g/mol. The molecule has 0 atom stereocenters. The predicted octanol–water partition coefficient (Wildman–Crippen LogP) is 5.04. The van der Waals surface area contributed by atoms with Crippen LogP contribution in [0.1, 0.15) is 35.4 Å². The molecule has 9 heteroatoms. The molecule has 0 aliphatic carbocycles. The lowest BCUT2D eigenvalue weighted by atomic mass is 9.88. The molecule has 0 amide bonds. The standard InChI is InChI=1S/C23H25Cl2FN2O2.CH2O2/c1-14-9-16(17-11-28(12-17)22-19(24)3-2-4-20(22)25)10-21(26)18(14)13-27-7-5-15(6-8-27)23(29)30;2-1-3/h2-4,9-10,15,17H,5-8,11-13H2,1H3,(H,29,30);1H,(H,2,3). The van der Waals surface area contributed by atoms with Crippen LogP contribution >= 0.6 is 23.2 Å². The maximum Gasteiger partial charge on any atom is 0.306 e. The molecule has 2 fully saturated rings. The zero-order valence-electron chi connectivity index (χ0n) is 18.3. The van der Waals surface area contributed by atoms with Crippen molar-refractivity contribution >= 4 is 41.3 Å². The number of aryl methyl sites for hydroxylation is 1. The summed E-state index contributed by atoms with van der Waals surface area (Å²) in [5, 5.41) is 17.3. The van der Waals surface area contributed by atoms with Gasteiger partial charge in [0.1, 0.15) is 5.82 Å². The molecule has 0 bridgehead atoms. The SMILES string of the molecule is Cc1cc(C2CN(c3c(Cl)cccc3Cl)C2)cc(F)c1CN1CCC(C(=O)O)CC1.O=CO. The number of benzene rings is 2. The molecule has 2 aromatic rings. The van der Waals surface area contributed by atoms with Gasteiger partial charge in [0.05, 0.1) is 21.7 Å². The van der Waals surface area contributed by atoms with Crippen LogP contribution < -0.4 is 4.90 Å². The lowest BCUT2D eigenvalue weighted by Crippen LogP contribution is -2.45. The number of likely N-dealkylation sites (tertiary alicyclic amines) is 1. The zero-order chi connectivity index (χ0) is 24.1. The van der Waals surface area contributed by atoms with Gasteiger partial charge in [-0.3, -0.25) is 14.5 Å². The fraction of sp³-hybridized carbons (Fsp3) is 0.417. The molecule has 2 aliphatic heterocycles. The number of carbonyl (C=O) groups is 2. The Balaban J connectivity index is 0.000000968. The summed E-state index contributed by atoms with van der Waals surface area (Å²) in [5.41, 5.74) is 3.49. The molecule has 0 spiro atoms. The summed E-state index contributed by atoms with van der Waals surface area (Å²) in [6, 6.07) is 9.22. The van der Waals surface area contributed by atoms with E-state index in [1.54, 1.807) is 6.07 Å². The first-order chi connectivity index (χ1) is 15.7. The molecule has 0 saturated carbocycles. The monoisotopic (exact) mass is 496 g/mol. The van der Waals surface area contributed by atoms with Gasteiger partial charge in [-0.1, -0.05) is 35.3 Å². The minimum atomic E-state index is -0.728. The van der Waals surface area contributed by atoms with Crippen LogP contribution in [0.25, 0.3) is 0 Å². The van der Waals surface area contributed by atoms with Crippen LogP contribution in [0.5, 0.6) is 0 Å². The number of aliphatic carboxylic acids is 1. The van der Waals surface area contributed by atoms with Crippen LogP contribution in [0.4, 0.5) is 10.1 Å². The lowest BCUT2D eigenvalue weighted by molar-refractivity contribution is -0.143. The number of piperidine rings is 1. The minimum absolute atomic E-state index is 0.181. The molecule has 2 saturated heterocycles. The smallest absolute Gasteiger partial charge is 0.306 e. The molecule has 0 radical (unpaired) electrons. The molecule has 0 unspecified atom stereocenters. The van der Waals surface area contributed by atoms with Crippen molar-refractivity contribution < 1.29 is 24.2 Å². The summed E-state index contributed by atoms with van der Waals surface area (Å²) in [4.78, 5) is 23.8. The highest BCUT2D eigenvalue weighted by atomic mass is 35.5. The first kappa shape index (κ1) is 25.3. The number of carboxylic acids is 1. The summed E-state index contributed by atoms with van der Waals surface area (Å²) in [6.07, 6.45) is 1.24. The second-order valence-corrected chi connectivity index (χ2v) is 9.28. The number of para-hydroxylation sites is 1. The second kappa shape index (κ2) is 11.2. The van der Waals surface area contributed by atoms with E-state index in [1.165, 1.54) is 0 Å². The van der Waals surface area contributed by atoms with Gasteiger partial charge in [-0.15, -0.1) is 0 Å². The van der Waals surface area contributed by atoms with Gasteiger partial charge in [0, 0.05) is 31.1 Å². The van der Waals surface area contributed by atoms with E-state index in [4.69, 9.17) is 38.2 Å². The number of carboxylic acid groups (broad SMARTS) is 2. The topological polar surface area (TPSA) is 81.1 Å². The van der Waals surface area contributed by atoms with Crippen molar-refractivity contribution in [1.29, 1.82) is 0 Å². The Kier molecular flexibility index (Phi) is 8.57. The predicted molar refractivity (Wildman–Crippen MR) is 127 cm³/mol. The third kappa shape index (κ3) is 5.96. The van der Waals surface area contributed by atoms with E-state index in [0.717, 1.165) is 29.9 Å². The molecule has 2 N–H and O–H groups in total. The van der Waals surface area contributed by atoms with Crippen molar-refractivity contribution in [1.82, 2.24) is 4.90 Å². The van der Waals surface area contributed by atoms with Gasteiger partial charge in [-0.2, -0.15) is 0 Å². The van der Waals surface area contributed by atoms with Gasteiger partial charge in [-0.05, 0) is 62.2 Å². The molecule has 4 rings (SSSR count). The van der Waals surface area contributed by atoms with Crippen LogP contribution in [-0.2, 0) is 16.1 Å². The van der Waals surface area contributed by atoms with E-state index in [9.17, 15) is 9.18 Å². The van der Waals surface area contributed by atoms with Crippen LogP contribution in [-0.4, -0.2) is 53.7 Å². The number of hydrogen-bond acceptors (Lipinski definition) is 4. The Hall–Kier alpha value is -2.35. The number of rotatable bonds is 5. The Bertz CT molecular complexity index is 963. The molecular formula is C24H27Cl2FN2O4. The molecule has 2 aliphatic rings. The highest BCUT2D eigenvalue weighted by Gasteiger charge is 2.32. The van der Waals surface area contributed by atoms with Crippen molar-refractivity contribution in [3.05, 3.63) is 62.9 Å². The van der Waals surface area contributed by atoms with Gasteiger partial charge < -0.3 is 15.1 Å². The minimum Gasteiger partial charge on any atom is -0.483 e. The number of anilines is 1. The first-order valence-corrected chi connectivity index (χ1v) is 11.5. The quantitative estimate of drug-likeness (QED) is 0.564. The Labute approximate surface area is 202 Å². The van der Waals surface area contributed by atoms with Crippen LogP contribution in [0.15, 0.2) is 30.3 Å². The number of halogens is 3. The number of hydrogen-bond donors (Lipinski definition) is 2. The van der Waals surface area contributed by atoms with E-state index in [2.05, 4.69) is 15.9 Å². The first-order valence-electron chi connectivity index (χ1n) is 10.8. The summed E-state index contributed by atoms with van der Waals surface area (Å²) >= 11 is 12.6. The van der Waals surface area contributed by atoms with Gasteiger partial charge in [0.2, 0.25) is 0 Å². The van der Waals surface area contributed by atoms with Crippen LogP contribution in [0.2, 0.25) is 10.0 Å². The number of nitrogens with zero attached hydrogens (tertiary/aromatic N) is 2. The van der Waals surface area contributed by atoms with E-state index in [1.807, 2.05) is 25.1 Å².